The van der Waals surface area contributed by atoms with Crippen molar-refractivity contribution >= 4 is 22.5 Å². The standard InChI is InChI=1S/C15H13N3O/c1-10-3-2-4-11(7-10)15(19)17-13-6-5-12-9-16-18-14(12)8-13/h2-9H,1H3,(H,16,18)(H,17,19). The van der Waals surface area contributed by atoms with Crippen LogP contribution in [0.2, 0.25) is 0 Å². The summed E-state index contributed by atoms with van der Waals surface area (Å²) in [5.41, 5.74) is 3.38. The number of carbonyl (C=O) groups is 1. The van der Waals surface area contributed by atoms with E-state index >= 15 is 0 Å². The predicted molar refractivity (Wildman–Crippen MR) is 75.2 cm³/mol. The van der Waals surface area contributed by atoms with E-state index < -0.39 is 0 Å². The molecule has 0 fully saturated rings. The van der Waals surface area contributed by atoms with Crippen LogP contribution in [0.1, 0.15) is 15.9 Å². The van der Waals surface area contributed by atoms with Gasteiger partial charge < -0.3 is 5.32 Å². The molecule has 19 heavy (non-hydrogen) atoms. The maximum absolute atomic E-state index is 12.1. The van der Waals surface area contributed by atoms with Crippen LogP contribution in [0.3, 0.4) is 0 Å². The van der Waals surface area contributed by atoms with E-state index in [4.69, 9.17) is 0 Å². The van der Waals surface area contributed by atoms with Gasteiger partial charge in [0, 0.05) is 16.6 Å². The first-order valence-corrected chi connectivity index (χ1v) is 6.03. The molecule has 4 heteroatoms. The number of amides is 1. The summed E-state index contributed by atoms with van der Waals surface area (Å²) in [5.74, 6) is -0.109. The molecule has 0 saturated heterocycles. The van der Waals surface area contributed by atoms with Crippen LogP contribution in [0.5, 0.6) is 0 Å². The first kappa shape index (κ1) is 11.5. The van der Waals surface area contributed by atoms with E-state index in [0.29, 0.717) is 5.56 Å². The Kier molecular flexibility index (Phi) is 2.76. The number of hydrogen-bond donors (Lipinski definition) is 2. The van der Waals surface area contributed by atoms with Crippen molar-refractivity contribution in [3.63, 3.8) is 0 Å². The van der Waals surface area contributed by atoms with E-state index in [1.807, 2.05) is 43.3 Å². The second kappa shape index (κ2) is 4.57. The van der Waals surface area contributed by atoms with Gasteiger partial charge in [-0.1, -0.05) is 17.7 Å². The van der Waals surface area contributed by atoms with Crippen LogP contribution in [-0.4, -0.2) is 16.1 Å². The Balaban J connectivity index is 1.86. The number of hydrogen-bond acceptors (Lipinski definition) is 2. The SMILES string of the molecule is Cc1cccc(C(=O)Nc2ccc3cn[nH]c3c2)c1. The van der Waals surface area contributed by atoms with Gasteiger partial charge >= 0.3 is 0 Å². The average Bonchev–Trinajstić information content (AvgIpc) is 2.86. The van der Waals surface area contributed by atoms with Crippen molar-refractivity contribution in [2.24, 2.45) is 0 Å². The summed E-state index contributed by atoms with van der Waals surface area (Å²) in [6.07, 6.45) is 1.75. The Morgan fingerprint density at radius 3 is 2.95 bits per heavy atom. The molecule has 94 valence electrons. The minimum absolute atomic E-state index is 0.109. The molecule has 0 aliphatic carbocycles. The van der Waals surface area contributed by atoms with E-state index in [2.05, 4.69) is 15.5 Å². The topological polar surface area (TPSA) is 57.8 Å². The zero-order valence-electron chi connectivity index (χ0n) is 10.5. The van der Waals surface area contributed by atoms with Crippen molar-refractivity contribution < 1.29 is 4.79 Å². The highest BCUT2D eigenvalue weighted by molar-refractivity contribution is 6.05. The smallest absolute Gasteiger partial charge is 0.255 e. The summed E-state index contributed by atoms with van der Waals surface area (Å²) in [5, 5.41) is 10.7. The molecule has 0 atom stereocenters. The number of fused-ring (bicyclic) bond motifs is 1. The summed E-state index contributed by atoms with van der Waals surface area (Å²) >= 11 is 0. The highest BCUT2D eigenvalue weighted by Crippen LogP contribution is 2.17. The van der Waals surface area contributed by atoms with Crippen LogP contribution >= 0.6 is 0 Å². The summed E-state index contributed by atoms with van der Waals surface area (Å²) in [7, 11) is 0. The lowest BCUT2D eigenvalue weighted by molar-refractivity contribution is 0.102. The zero-order chi connectivity index (χ0) is 13.2. The first-order chi connectivity index (χ1) is 9.22. The number of carbonyl (C=O) groups excluding carboxylic acids is 1. The van der Waals surface area contributed by atoms with Gasteiger partial charge in [-0.15, -0.1) is 0 Å². The molecule has 0 aliphatic heterocycles. The van der Waals surface area contributed by atoms with Crippen LogP contribution < -0.4 is 5.32 Å². The minimum atomic E-state index is -0.109. The summed E-state index contributed by atoms with van der Waals surface area (Å²) in [6, 6.07) is 13.2. The molecule has 0 radical (unpaired) electrons. The Bertz CT molecular complexity index is 746. The lowest BCUT2D eigenvalue weighted by atomic mass is 10.1. The number of nitrogens with one attached hydrogen (secondary N) is 2. The fourth-order valence-electron chi connectivity index (χ4n) is 2.00. The number of aromatic nitrogens is 2. The molecule has 0 unspecified atom stereocenters. The number of nitrogens with zero attached hydrogens (tertiary/aromatic N) is 1. The highest BCUT2D eigenvalue weighted by atomic mass is 16.1. The van der Waals surface area contributed by atoms with Gasteiger partial charge in [-0.2, -0.15) is 5.10 Å². The summed E-state index contributed by atoms with van der Waals surface area (Å²) in [4.78, 5) is 12.1. The van der Waals surface area contributed by atoms with Crippen LogP contribution in [0, 0.1) is 6.92 Å². The molecule has 0 spiro atoms. The molecule has 1 aromatic heterocycles. The molecular formula is C15H13N3O. The molecule has 3 rings (SSSR count). The Hall–Kier alpha value is -2.62. The molecular weight excluding hydrogens is 238 g/mol. The monoisotopic (exact) mass is 251 g/mol. The van der Waals surface area contributed by atoms with Gasteiger partial charge in [-0.05, 0) is 37.3 Å². The molecule has 2 aromatic carbocycles. The Morgan fingerprint density at radius 1 is 1.21 bits per heavy atom. The quantitative estimate of drug-likeness (QED) is 0.735. The predicted octanol–water partition coefficient (Wildman–Crippen LogP) is 3.12. The van der Waals surface area contributed by atoms with Crippen molar-refractivity contribution in [3.8, 4) is 0 Å². The van der Waals surface area contributed by atoms with Gasteiger partial charge in [0.2, 0.25) is 0 Å². The second-order valence-corrected chi connectivity index (χ2v) is 4.50. The van der Waals surface area contributed by atoms with E-state index in [1.54, 1.807) is 12.3 Å². The third kappa shape index (κ3) is 2.33. The first-order valence-electron chi connectivity index (χ1n) is 6.03. The van der Waals surface area contributed by atoms with Gasteiger partial charge in [0.15, 0.2) is 0 Å². The minimum Gasteiger partial charge on any atom is -0.322 e. The Morgan fingerprint density at radius 2 is 2.11 bits per heavy atom. The Labute approximate surface area is 110 Å². The van der Waals surface area contributed by atoms with Crippen molar-refractivity contribution in [2.45, 2.75) is 6.92 Å². The van der Waals surface area contributed by atoms with Crippen molar-refractivity contribution in [2.75, 3.05) is 5.32 Å². The van der Waals surface area contributed by atoms with Crippen molar-refractivity contribution in [3.05, 3.63) is 59.8 Å². The normalized spacial score (nSPS) is 10.6. The average molecular weight is 251 g/mol. The van der Waals surface area contributed by atoms with E-state index in [9.17, 15) is 4.79 Å². The highest BCUT2D eigenvalue weighted by Gasteiger charge is 2.06. The number of benzene rings is 2. The molecule has 4 nitrogen and oxygen atoms in total. The molecule has 1 amide bonds. The van der Waals surface area contributed by atoms with Crippen LogP contribution in [0.15, 0.2) is 48.7 Å². The van der Waals surface area contributed by atoms with Gasteiger partial charge in [-0.3, -0.25) is 9.89 Å². The van der Waals surface area contributed by atoms with E-state index in [0.717, 1.165) is 22.2 Å². The lowest BCUT2D eigenvalue weighted by Crippen LogP contribution is -2.11. The number of aryl methyl sites for hydroxylation is 1. The molecule has 0 aliphatic rings. The third-order valence-corrected chi connectivity index (χ3v) is 2.98. The maximum Gasteiger partial charge on any atom is 0.255 e. The van der Waals surface area contributed by atoms with Crippen molar-refractivity contribution in [1.82, 2.24) is 10.2 Å². The maximum atomic E-state index is 12.1. The largest absolute Gasteiger partial charge is 0.322 e. The third-order valence-electron chi connectivity index (χ3n) is 2.98. The van der Waals surface area contributed by atoms with Gasteiger partial charge in [0.1, 0.15) is 0 Å². The van der Waals surface area contributed by atoms with Crippen molar-refractivity contribution in [1.29, 1.82) is 0 Å². The van der Waals surface area contributed by atoms with Gasteiger partial charge in [0.05, 0.1) is 11.7 Å². The fourth-order valence-corrected chi connectivity index (χ4v) is 2.00. The number of anilines is 1. The van der Waals surface area contributed by atoms with Crippen LogP contribution in [-0.2, 0) is 0 Å². The second-order valence-electron chi connectivity index (χ2n) is 4.50. The van der Waals surface area contributed by atoms with E-state index in [-0.39, 0.29) is 5.91 Å². The van der Waals surface area contributed by atoms with Crippen LogP contribution in [0.4, 0.5) is 5.69 Å². The lowest BCUT2D eigenvalue weighted by Gasteiger charge is -2.06. The van der Waals surface area contributed by atoms with E-state index in [1.165, 1.54) is 0 Å². The molecule has 0 saturated carbocycles. The number of H-pyrrole nitrogens is 1. The molecule has 2 N–H and O–H groups in total. The fraction of sp³-hybridized carbons (Fsp3) is 0.0667. The summed E-state index contributed by atoms with van der Waals surface area (Å²) in [6.45, 7) is 1.97. The number of rotatable bonds is 2. The van der Waals surface area contributed by atoms with Crippen LogP contribution in [0.25, 0.3) is 10.9 Å². The molecule has 3 aromatic rings. The van der Waals surface area contributed by atoms with Gasteiger partial charge in [0.25, 0.3) is 5.91 Å². The molecule has 0 bridgehead atoms. The van der Waals surface area contributed by atoms with Gasteiger partial charge in [-0.25, -0.2) is 0 Å². The zero-order valence-corrected chi connectivity index (χ0v) is 10.5. The molecule has 1 heterocycles. The number of aromatic amines is 1. The summed E-state index contributed by atoms with van der Waals surface area (Å²) < 4.78 is 0.